The Labute approximate surface area is 132 Å². The lowest BCUT2D eigenvalue weighted by Crippen LogP contribution is -2.19. The molecular formula is C14H19BrN4O2. The summed E-state index contributed by atoms with van der Waals surface area (Å²) in [7, 11) is 1.62. The zero-order valence-electron chi connectivity index (χ0n) is 12.3. The molecule has 21 heavy (non-hydrogen) atoms. The molecular weight excluding hydrogens is 336 g/mol. The molecule has 0 bridgehead atoms. The van der Waals surface area contributed by atoms with Gasteiger partial charge in [0.1, 0.15) is 5.75 Å². The molecule has 0 aliphatic heterocycles. The van der Waals surface area contributed by atoms with Gasteiger partial charge in [0.25, 0.3) is 0 Å². The van der Waals surface area contributed by atoms with Crippen molar-refractivity contribution < 1.29 is 9.15 Å². The Morgan fingerprint density at radius 2 is 2.19 bits per heavy atom. The van der Waals surface area contributed by atoms with Gasteiger partial charge in [-0.3, -0.25) is 0 Å². The van der Waals surface area contributed by atoms with Crippen LogP contribution in [0.2, 0.25) is 0 Å². The SMILES string of the molecule is CCCNC(C)c1nnc(Nc2cc(OC)ccc2Br)o1. The van der Waals surface area contributed by atoms with Gasteiger partial charge in [0, 0.05) is 10.5 Å². The molecule has 0 spiro atoms. The highest BCUT2D eigenvalue weighted by Crippen LogP contribution is 2.29. The topological polar surface area (TPSA) is 72.2 Å². The van der Waals surface area contributed by atoms with Gasteiger partial charge in [0.05, 0.1) is 18.8 Å². The molecule has 1 unspecified atom stereocenters. The summed E-state index contributed by atoms with van der Waals surface area (Å²) in [5.41, 5.74) is 0.804. The standard InChI is InChI=1S/C14H19BrN4O2/c1-4-7-16-9(2)13-18-19-14(21-13)17-12-8-10(20-3)5-6-11(12)15/h5-6,8-9,16H,4,7H2,1-3H3,(H,17,19). The summed E-state index contributed by atoms with van der Waals surface area (Å²) in [5, 5.41) is 14.4. The van der Waals surface area contributed by atoms with E-state index in [4.69, 9.17) is 9.15 Å². The molecule has 2 rings (SSSR count). The Kier molecular flexibility index (Phi) is 5.58. The van der Waals surface area contributed by atoms with E-state index in [9.17, 15) is 0 Å². The van der Waals surface area contributed by atoms with E-state index in [1.807, 2.05) is 25.1 Å². The molecule has 0 amide bonds. The van der Waals surface area contributed by atoms with Crippen molar-refractivity contribution in [3.8, 4) is 5.75 Å². The van der Waals surface area contributed by atoms with Gasteiger partial charge in [0.2, 0.25) is 5.89 Å². The van der Waals surface area contributed by atoms with Crippen LogP contribution in [0, 0.1) is 0 Å². The van der Waals surface area contributed by atoms with Crippen molar-refractivity contribution in [2.24, 2.45) is 0 Å². The predicted octanol–water partition coefficient (Wildman–Crippen LogP) is 3.64. The monoisotopic (exact) mass is 354 g/mol. The molecule has 0 saturated carbocycles. The largest absolute Gasteiger partial charge is 0.497 e. The summed E-state index contributed by atoms with van der Waals surface area (Å²) in [6.07, 6.45) is 1.06. The van der Waals surface area contributed by atoms with Crippen LogP contribution in [0.15, 0.2) is 27.1 Å². The van der Waals surface area contributed by atoms with E-state index in [1.54, 1.807) is 7.11 Å². The number of rotatable bonds is 7. The van der Waals surface area contributed by atoms with Crippen LogP contribution in [0.25, 0.3) is 0 Å². The summed E-state index contributed by atoms with van der Waals surface area (Å²) in [4.78, 5) is 0. The van der Waals surface area contributed by atoms with Gasteiger partial charge in [-0.05, 0) is 48.0 Å². The van der Waals surface area contributed by atoms with Gasteiger partial charge in [-0.15, -0.1) is 5.10 Å². The van der Waals surface area contributed by atoms with Crippen LogP contribution in [0.1, 0.15) is 32.2 Å². The zero-order valence-corrected chi connectivity index (χ0v) is 13.9. The molecule has 2 N–H and O–H groups in total. The minimum Gasteiger partial charge on any atom is -0.497 e. The molecule has 1 aromatic heterocycles. The van der Waals surface area contributed by atoms with Gasteiger partial charge in [-0.1, -0.05) is 12.0 Å². The second kappa shape index (κ2) is 7.42. The van der Waals surface area contributed by atoms with E-state index in [0.29, 0.717) is 11.9 Å². The Morgan fingerprint density at radius 1 is 1.38 bits per heavy atom. The lowest BCUT2D eigenvalue weighted by molar-refractivity contribution is 0.414. The molecule has 1 atom stereocenters. The van der Waals surface area contributed by atoms with Gasteiger partial charge >= 0.3 is 6.01 Å². The van der Waals surface area contributed by atoms with Crippen LogP contribution in [-0.2, 0) is 0 Å². The third-order valence-corrected chi connectivity index (χ3v) is 3.62. The first kappa shape index (κ1) is 15.8. The Hall–Kier alpha value is -1.60. The first-order valence-electron chi connectivity index (χ1n) is 6.81. The third kappa shape index (κ3) is 4.18. The second-order valence-electron chi connectivity index (χ2n) is 4.59. The van der Waals surface area contributed by atoms with Crippen molar-refractivity contribution in [3.63, 3.8) is 0 Å². The molecule has 0 radical (unpaired) electrons. The van der Waals surface area contributed by atoms with E-state index in [-0.39, 0.29) is 6.04 Å². The fraction of sp³-hybridized carbons (Fsp3) is 0.429. The molecule has 2 aromatic rings. The van der Waals surface area contributed by atoms with Crippen molar-refractivity contribution in [1.29, 1.82) is 0 Å². The van der Waals surface area contributed by atoms with Crippen molar-refractivity contribution in [1.82, 2.24) is 15.5 Å². The van der Waals surface area contributed by atoms with Gasteiger partial charge in [-0.2, -0.15) is 0 Å². The van der Waals surface area contributed by atoms with E-state index in [0.717, 1.165) is 28.9 Å². The van der Waals surface area contributed by atoms with Crippen LogP contribution in [0.4, 0.5) is 11.7 Å². The lowest BCUT2D eigenvalue weighted by atomic mass is 10.3. The summed E-state index contributed by atoms with van der Waals surface area (Å²) in [5.74, 6) is 1.31. The van der Waals surface area contributed by atoms with Crippen molar-refractivity contribution in [2.45, 2.75) is 26.3 Å². The summed E-state index contributed by atoms with van der Waals surface area (Å²) >= 11 is 3.47. The van der Waals surface area contributed by atoms with Crippen LogP contribution >= 0.6 is 15.9 Å². The number of aromatic nitrogens is 2. The first-order chi connectivity index (χ1) is 10.1. The molecule has 0 fully saturated rings. The average Bonchev–Trinajstić information content (AvgIpc) is 2.95. The maximum atomic E-state index is 5.62. The van der Waals surface area contributed by atoms with Crippen molar-refractivity contribution in [3.05, 3.63) is 28.6 Å². The lowest BCUT2D eigenvalue weighted by Gasteiger charge is -2.08. The van der Waals surface area contributed by atoms with Crippen LogP contribution in [0.3, 0.4) is 0 Å². The number of benzene rings is 1. The summed E-state index contributed by atoms with van der Waals surface area (Å²) in [6, 6.07) is 5.99. The molecule has 1 heterocycles. The smallest absolute Gasteiger partial charge is 0.320 e. The number of nitrogens with one attached hydrogen (secondary N) is 2. The quantitative estimate of drug-likeness (QED) is 0.790. The van der Waals surface area contributed by atoms with Crippen LogP contribution in [-0.4, -0.2) is 23.9 Å². The maximum absolute atomic E-state index is 5.62. The molecule has 114 valence electrons. The molecule has 0 saturated heterocycles. The number of anilines is 2. The Morgan fingerprint density at radius 3 is 2.90 bits per heavy atom. The number of halogens is 1. The number of nitrogens with zero attached hydrogens (tertiary/aromatic N) is 2. The normalized spacial score (nSPS) is 12.2. The minimum absolute atomic E-state index is 0.0294. The van der Waals surface area contributed by atoms with E-state index in [2.05, 4.69) is 43.7 Å². The van der Waals surface area contributed by atoms with E-state index in [1.165, 1.54) is 0 Å². The van der Waals surface area contributed by atoms with Crippen LogP contribution in [0.5, 0.6) is 5.75 Å². The second-order valence-corrected chi connectivity index (χ2v) is 5.45. The van der Waals surface area contributed by atoms with E-state index >= 15 is 0 Å². The number of hydrogen-bond acceptors (Lipinski definition) is 6. The average molecular weight is 355 g/mol. The van der Waals surface area contributed by atoms with Gasteiger partial charge in [0.15, 0.2) is 0 Å². The van der Waals surface area contributed by atoms with Gasteiger partial charge < -0.3 is 19.8 Å². The Bertz CT molecular complexity index is 588. The maximum Gasteiger partial charge on any atom is 0.320 e. The minimum atomic E-state index is 0.0294. The van der Waals surface area contributed by atoms with Crippen molar-refractivity contribution >= 4 is 27.6 Å². The predicted molar refractivity (Wildman–Crippen MR) is 85.0 cm³/mol. The highest BCUT2D eigenvalue weighted by atomic mass is 79.9. The molecule has 6 nitrogen and oxygen atoms in total. The van der Waals surface area contributed by atoms with Crippen molar-refractivity contribution in [2.75, 3.05) is 19.0 Å². The number of hydrogen-bond donors (Lipinski definition) is 2. The van der Waals surface area contributed by atoms with Gasteiger partial charge in [-0.25, -0.2) is 0 Å². The highest BCUT2D eigenvalue weighted by Gasteiger charge is 2.14. The number of methoxy groups -OCH3 is 1. The third-order valence-electron chi connectivity index (χ3n) is 2.93. The summed E-state index contributed by atoms with van der Waals surface area (Å²) in [6.45, 7) is 5.02. The van der Waals surface area contributed by atoms with E-state index < -0.39 is 0 Å². The van der Waals surface area contributed by atoms with Crippen LogP contribution < -0.4 is 15.4 Å². The fourth-order valence-corrected chi connectivity index (χ4v) is 2.10. The fourth-order valence-electron chi connectivity index (χ4n) is 1.75. The molecule has 0 aliphatic rings. The Balaban J connectivity index is 2.08. The molecule has 7 heteroatoms. The number of ether oxygens (including phenoxy) is 1. The molecule has 1 aromatic carbocycles. The summed E-state index contributed by atoms with van der Waals surface area (Å²) < 4.78 is 11.7. The highest BCUT2D eigenvalue weighted by molar-refractivity contribution is 9.10. The first-order valence-corrected chi connectivity index (χ1v) is 7.60. The zero-order chi connectivity index (χ0) is 15.2. The molecule has 0 aliphatic carbocycles.